The van der Waals surface area contributed by atoms with Gasteiger partial charge in [-0.25, -0.2) is 4.98 Å². The molecule has 0 saturated carbocycles. The van der Waals surface area contributed by atoms with Gasteiger partial charge >= 0.3 is 0 Å². The van der Waals surface area contributed by atoms with E-state index in [0.29, 0.717) is 15.6 Å². The summed E-state index contributed by atoms with van der Waals surface area (Å²) in [5, 5.41) is 1.42. The molecule has 0 bridgehead atoms. The minimum atomic E-state index is -0.197. The minimum absolute atomic E-state index is 0.163. The number of alkyl halides is 2. The van der Waals surface area contributed by atoms with E-state index < -0.39 is 0 Å². The first-order chi connectivity index (χ1) is 9.52. The molecular weight excluding hydrogens is 427 g/mol. The molecule has 0 aliphatic rings. The van der Waals surface area contributed by atoms with Gasteiger partial charge in [0, 0.05) is 16.7 Å². The fourth-order valence-electron chi connectivity index (χ4n) is 1.54. The maximum Gasteiger partial charge on any atom is 0.199 e. The topological polar surface area (TPSA) is 56.0 Å². The molecule has 0 saturated heterocycles. The summed E-state index contributed by atoms with van der Waals surface area (Å²) in [4.78, 5) is 17.1. The van der Waals surface area contributed by atoms with E-state index in [1.54, 1.807) is 12.1 Å². The highest BCUT2D eigenvalue weighted by molar-refractivity contribution is 9.24. The van der Waals surface area contributed by atoms with E-state index in [1.165, 1.54) is 23.6 Å². The van der Waals surface area contributed by atoms with Crippen LogP contribution in [0.1, 0.15) is 19.1 Å². The van der Waals surface area contributed by atoms with Crippen molar-refractivity contribution in [3.63, 3.8) is 0 Å². The van der Waals surface area contributed by atoms with Gasteiger partial charge in [0.15, 0.2) is 5.78 Å². The number of benzene rings is 1. The van der Waals surface area contributed by atoms with Crippen molar-refractivity contribution in [3.8, 4) is 10.6 Å². The summed E-state index contributed by atoms with van der Waals surface area (Å²) in [5.41, 5.74) is 6.83. The number of thiazole rings is 1. The van der Waals surface area contributed by atoms with Gasteiger partial charge in [-0.2, -0.15) is 0 Å². The fraction of sp³-hybridized carbons (Fsp3) is 0.0769. The molecular formula is C13H9Br2ClN2OS. The molecule has 2 N–H and O–H groups in total. The summed E-state index contributed by atoms with van der Waals surface area (Å²) in [5.74, 6) is -0.163. The van der Waals surface area contributed by atoms with Crippen molar-refractivity contribution in [1.82, 2.24) is 4.98 Å². The molecule has 3 nitrogen and oxygen atoms in total. The third-order valence-corrected chi connectivity index (χ3v) is 4.68. The van der Waals surface area contributed by atoms with Crippen LogP contribution < -0.4 is 5.73 Å². The zero-order chi connectivity index (χ0) is 14.7. The van der Waals surface area contributed by atoms with Gasteiger partial charge in [-0.05, 0) is 18.3 Å². The van der Waals surface area contributed by atoms with Crippen molar-refractivity contribution in [1.29, 1.82) is 0 Å². The number of halogens is 3. The number of hydrogen-bond acceptors (Lipinski definition) is 4. The van der Waals surface area contributed by atoms with Crippen molar-refractivity contribution < 1.29 is 4.79 Å². The van der Waals surface area contributed by atoms with Crippen LogP contribution in [0.3, 0.4) is 0 Å². The molecule has 0 radical (unpaired) electrons. The maximum absolute atomic E-state index is 12.0. The van der Waals surface area contributed by atoms with Crippen molar-refractivity contribution >= 4 is 60.6 Å². The van der Waals surface area contributed by atoms with Crippen LogP contribution in [0.5, 0.6) is 0 Å². The second-order valence-electron chi connectivity index (χ2n) is 3.76. The number of carbonyl (C=O) groups is 1. The largest absolute Gasteiger partial charge is 0.404 e. The Balaban J connectivity index is 2.49. The molecule has 1 aromatic carbocycles. The zero-order valence-electron chi connectivity index (χ0n) is 10.0. The first-order valence-electron chi connectivity index (χ1n) is 5.50. The summed E-state index contributed by atoms with van der Waals surface area (Å²) >= 11 is 14.0. The predicted molar refractivity (Wildman–Crippen MR) is 90.8 cm³/mol. The summed E-state index contributed by atoms with van der Waals surface area (Å²) in [7, 11) is 0. The van der Waals surface area contributed by atoms with Crippen LogP contribution >= 0.6 is 54.8 Å². The minimum Gasteiger partial charge on any atom is -0.404 e. The van der Waals surface area contributed by atoms with E-state index in [2.05, 4.69) is 36.8 Å². The van der Waals surface area contributed by atoms with Crippen LogP contribution in [0.4, 0.5) is 0 Å². The van der Waals surface area contributed by atoms with Crippen LogP contribution in [-0.2, 0) is 0 Å². The van der Waals surface area contributed by atoms with E-state index in [4.69, 9.17) is 17.3 Å². The SMILES string of the molecule is N/C=C/C(=O)c1sc(-c2ccc(Cl)cc2)nc1C(Br)Br. The van der Waals surface area contributed by atoms with Gasteiger partial charge in [0.25, 0.3) is 0 Å². The van der Waals surface area contributed by atoms with Gasteiger partial charge in [0.2, 0.25) is 0 Å². The third-order valence-electron chi connectivity index (χ3n) is 2.42. The van der Waals surface area contributed by atoms with E-state index >= 15 is 0 Å². The lowest BCUT2D eigenvalue weighted by atomic mass is 10.2. The highest BCUT2D eigenvalue weighted by Gasteiger charge is 2.21. The molecule has 20 heavy (non-hydrogen) atoms. The van der Waals surface area contributed by atoms with E-state index in [1.807, 2.05) is 12.1 Å². The molecule has 0 atom stereocenters. The molecule has 0 unspecified atom stereocenters. The lowest BCUT2D eigenvalue weighted by Gasteiger charge is -1.98. The molecule has 1 heterocycles. The monoisotopic (exact) mass is 434 g/mol. The number of carbonyl (C=O) groups excluding carboxylic acids is 1. The third kappa shape index (κ3) is 3.49. The average molecular weight is 437 g/mol. The number of nitrogens with zero attached hydrogens (tertiary/aromatic N) is 1. The Morgan fingerprint density at radius 3 is 2.55 bits per heavy atom. The van der Waals surface area contributed by atoms with Gasteiger partial charge in [0.1, 0.15) is 13.6 Å². The van der Waals surface area contributed by atoms with Crippen LogP contribution in [0.15, 0.2) is 36.5 Å². The molecule has 0 fully saturated rings. The zero-order valence-corrected chi connectivity index (χ0v) is 14.8. The van der Waals surface area contributed by atoms with Crippen LogP contribution in [0, 0.1) is 0 Å². The maximum atomic E-state index is 12.0. The summed E-state index contributed by atoms with van der Waals surface area (Å²) in [6.45, 7) is 0. The molecule has 2 rings (SSSR count). The van der Waals surface area contributed by atoms with Gasteiger partial charge in [-0.3, -0.25) is 4.79 Å². The number of rotatable bonds is 4. The molecule has 0 aliphatic carbocycles. The number of nitrogens with two attached hydrogens (primary N) is 1. The Hall–Kier alpha value is -0.690. The Morgan fingerprint density at radius 2 is 2.00 bits per heavy atom. The second-order valence-corrected chi connectivity index (χ2v) is 8.26. The number of aromatic nitrogens is 1. The average Bonchev–Trinajstić information content (AvgIpc) is 2.85. The van der Waals surface area contributed by atoms with E-state index in [-0.39, 0.29) is 9.52 Å². The number of hydrogen-bond donors (Lipinski definition) is 1. The quantitative estimate of drug-likeness (QED) is 0.421. The highest BCUT2D eigenvalue weighted by atomic mass is 79.9. The molecule has 1 aromatic heterocycles. The van der Waals surface area contributed by atoms with Gasteiger partial charge in [0.05, 0.1) is 5.69 Å². The second kappa shape index (κ2) is 6.85. The summed E-state index contributed by atoms with van der Waals surface area (Å²) in [6, 6.07) is 7.32. The first-order valence-corrected chi connectivity index (χ1v) is 8.53. The Labute approximate surface area is 142 Å². The van der Waals surface area contributed by atoms with E-state index in [9.17, 15) is 4.79 Å². The van der Waals surface area contributed by atoms with Crippen molar-refractivity contribution in [2.45, 2.75) is 3.74 Å². The molecule has 0 aliphatic heterocycles. The lowest BCUT2D eigenvalue weighted by molar-refractivity contribution is 0.104. The highest BCUT2D eigenvalue weighted by Crippen LogP contribution is 2.37. The Morgan fingerprint density at radius 1 is 1.35 bits per heavy atom. The first kappa shape index (κ1) is 15.7. The van der Waals surface area contributed by atoms with Crippen molar-refractivity contribution in [3.05, 3.63) is 52.1 Å². The predicted octanol–water partition coefficient (Wildman–Crippen LogP) is 4.91. The van der Waals surface area contributed by atoms with Crippen LogP contribution in [0.2, 0.25) is 5.02 Å². The molecule has 7 heteroatoms. The molecule has 0 spiro atoms. The van der Waals surface area contributed by atoms with Crippen molar-refractivity contribution in [2.75, 3.05) is 0 Å². The molecule has 2 aromatic rings. The molecule has 0 amide bonds. The van der Waals surface area contributed by atoms with Gasteiger partial charge in [-0.1, -0.05) is 55.6 Å². The van der Waals surface area contributed by atoms with Gasteiger partial charge < -0.3 is 5.73 Å². The Kier molecular flexibility index (Phi) is 5.37. The summed E-state index contributed by atoms with van der Waals surface area (Å²) < 4.78 is -0.197. The van der Waals surface area contributed by atoms with Crippen molar-refractivity contribution in [2.24, 2.45) is 5.73 Å². The normalized spacial score (nSPS) is 11.4. The molecule has 104 valence electrons. The standard InChI is InChI=1S/C13H9Br2ClN2OS/c14-12(15)10-11(9(19)5-6-17)20-13(18-10)7-1-3-8(16)4-2-7/h1-6,12H,17H2/b6-5+. The fourth-order valence-corrected chi connectivity index (χ4v) is 3.65. The van der Waals surface area contributed by atoms with Crippen LogP contribution in [0.25, 0.3) is 10.6 Å². The van der Waals surface area contributed by atoms with Crippen LogP contribution in [-0.4, -0.2) is 10.8 Å². The summed E-state index contributed by atoms with van der Waals surface area (Å²) in [6.07, 6.45) is 2.55. The lowest BCUT2D eigenvalue weighted by Crippen LogP contribution is -1.97. The Bertz CT molecular complexity index is 653. The number of ketones is 1. The smallest absolute Gasteiger partial charge is 0.199 e. The van der Waals surface area contributed by atoms with Gasteiger partial charge in [-0.15, -0.1) is 11.3 Å². The number of allylic oxidation sites excluding steroid dienone is 1. The van der Waals surface area contributed by atoms with E-state index in [0.717, 1.165) is 10.6 Å².